The molecule has 0 atom stereocenters. The van der Waals surface area contributed by atoms with E-state index in [4.69, 9.17) is 0 Å². The molecule has 2 heteroatoms. The van der Waals surface area contributed by atoms with Crippen LogP contribution in [0.5, 0.6) is 0 Å². The van der Waals surface area contributed by atoms with Crippen LogP contribution >= 0.6 is 15.9 Å². The van der Waals surface area contributed by atoms with Gasteiger partial charge in [0.25, 0.3) is 0 Å². The quantitative estimate of drug-likeness (QED) is 0.221. The van der Waals surface area contributed by atoms with Crippen LogP contribution in [0.4, 0.5) is 0 Å². The van der Waals surface area contributed by atoms with E-state index in [0.29, 0.717) is 0 Å². The number of hydrogen-bond acceptors (Lipinski definition) is 0. The minimum absolute atomic E-state index is 1.09. The van der Waals surface area contributed by atoms with Crippen LogP contribution in [-0.4, -0.2) is 4.57 Å². The lowest BCUT2D eigenvalue weighted by molar-refractivity contribution is 1.28. The summed E-state index contributed by atoms with van der Waals surface area (Å²) in [5.41, 5.74) is 9.79. The molecule has 6 aromatic rings. The first-order chi connectivity index (χ1) is 17.2. The van der Waals surface area contributed by atoms with Crippen molar-refractivity contribution in [3.8, 4) is 33.4 Å². The molecule has 0 spiro atoms. The van der Waals surface area contributed by atoms with Crippen LogP contribution in [0.2, 0.25) is 0 Å². The van der Waals surface area contributed by atoms with E-state index in [-0.39, 0.29) is 0 Å². The lowest BCUT2D eigenvalue weighted by Gasteiger charge is -2.07. The molecule has 0 radical (unpaired) electrons. The molecule has 0 fully saturated rings. The standard InChI is InChI=1S/C33H24BrN/c1-2-19-35-32-17-13-27(23-7-4-3-5-8-23)21-30(32)31-22-28(14-18-33(31)35)26-10-6-9-25(20-26)24-11-15-29(34)16-12-24/h2-22H,1H3. The Morgan fingerprint density at radius 2 is 1.00 bits per heavy atom. The van der Waals surface area contributed by atoms with E-state index in [9.17, 15) is 0 Å². The maximum atomic E-state index is 3.54. The van der Waals surface area contributed by atoms with Gasteiger partial charge in [-0.25, -0.2) is 0 Å². The molecule has 0 aliphatic heterocycles. The van der Waals surface area contributed by atoms with Crippen LogP contribution in [0, 0.1) is 0 Å². The number of allylic oxidation sites excluding steroid dienone is 1. The van der Waals surface area contributed by atoms with Gasteiger partial charge in [-0.15, -0.1) is 0 Å². The maximum absolute atomic E-state index is 3.54. The Bertz CT molecular complexity index is 1690. The molecule has 0 bridgehead atoms. The SMILES string of the molecule is CC=Cn1c2ccc(-c3ccccc3)cc2c2cc(-c3cccc(-c4ccc(Br)cc4)c3)ccc21. The minimum atomic E-state index is 1.09. The number of hydrogen-bond donors (Lipinski definition) is 0. The molecule has 0 amide bonds. The normalized spacial score (nSPS) is 11.6. The number of benzene rings is 5. The molecule has 0 aliphatic rings. The van der Waals surface area contributed by atoms with E-state index in [0.717, 1.165) is 4.47 Å². The van der Waals surface area contributed by atoms with Crippen LogP contribution in [0.25, 0.3) is 61.4 Å². The third-order valence-electron chi connectivity index (χ3n) is 6.58. The summed E-state index contributed by atoms with van der Waals surface area (Å²) in [7, 11) is 0. The van der Waals surface area contributed by atoms with Crippen molar-refractivity contribution < 1.29 is 0 Å². The summed E-state index contributed by atoms with van der Waals surface area (Å²) in [4.78, 5) is 0. The van der Waals surface area contributed by atoms with Gasteiger partial charge in [-0.3, -0.25) is 0 Å². The predicted molar refractivity (Wildman–Crippen MR) is 154 cm³/mol. The highest BCUT2D eigenvalue weighted by molar-refractivity contribution is 9.10. The summed E-state index contributed by atoms with van der Waals surface area (Å²) >= 11 is 3.54. The van der Waals surface area contributed by atoms with Gasteiger partial charge in [0, 0.05) is 21.4 Å². The summed E-state index contributed by atoms with van der Waals surface area (Å²) in [5.74, 6) is 0. The molecular formula is C33H24BrN. The zero-order valence-electron chi connectivity index (χ0n) is 19.4. The zero-order chi connectivity index (χ0) is 23.8. The lowest BCUT2D eigenvalue weighted by Crippen LogP contribution is -1.86. The molecule has 6 rings (SSSR count). The van der Waals surface area contributed by atoms with Gasteiger partial charge < -0.3 is 4.57 Å². The molecule has 168 valence electrons. The molecular weight excluding hydrogens is 490 g/mol. The second-order valence-electron chi connectivity index (χ2n) is 8.77. The number of nitrogens with zero attached hydrogens (tertiary/aromatic N) is 1. The summed E-state index contributed by atoms with van der Waals surface area (Å²) in [5, 5.41) is 2.53. The van der Waals surface area contributed by atoms with Crippen molar-refractivity contribution >= 4 is 43.9 Å². The van der Waals surface area contributed by atoms with E-state index in [2.05, 4.69) is 155 Å². The highest BCUT2D eigenvalue weighted by atomic mass is 79.9. The highest BCUT2D eigenvalue weighted by Gasteiger charge is 2.12. The van der Waals surface area contributed by atoms with E-state index >= 15 is 0 Å². The Morgan fingerprint density at radius 1 is 0.514 bits per heavy atom. The van der Waals surface area contributed by atoms with E-state index in [1.165, 1.54) is 55.2 Å². The molecule has 0 N–H and O–H groups in total. The number of aromatic nitrogens is 1. The Hall–Kier alpha value is -3.88. The third kappa shape index (κ3) is 4.00. The van der Waals surface area contributed by atoms with Crippen LogP contribution < -0.4 is 0 Å². The van der Waals surface area contributed by atoms with E-state index in [1.54, 1.807) is 0 Å². The molecule has 0 saturated carbocycles. The average Bonchev–Trinajstić information content (AvgIpc) is 3.22. The van der Waals surface area contributed by atoms with Gasteiger partial charge in [0.15, 0.2) is 0 Å². The van der Waals surface area contributed by atoms with Gasteiger partial charge >= 0.3 is 0 Å². The second kappa shape index (κ2) is 9.05. The zero-order valence-corrected chi connectivity index (χ0v) is 21.0. The van der Waals surface area contributed by atoms with Gasteiger partial charge in [-0.2, -0.15) is 0 Å². The Morgan fingerprint density at radius 3 is 1.63 bits per heavy atom. The van der Waals surface area contributed by atoms with Crippen molar-refractivity contribution in [3.63, 3.8) is 0 Å². The van der Waals surface area contributed by atoms with Crippen molar-refractivity contribution in [3.05, 3.63) is 126 Å². The van der Waals surface area contributed by atoms with Crippen LogP contribution in [0.15, 0.2) is 126 Å². The number of halogens is 1. The first kappa shape index (κ1) is 21.6. The largest absolute Gasteiger partial charge is 0.316 e. The number of rotatable bonds is 4. The topological polar surface area (TPSA) is 4.93 Å². The van der Waals surface area contributed by atoms with Crippen LogP contribution in [0.3, 0.4) is 0 Å². The smallest absolute Gasteiger partial charge is 0.0535 e. The molecule has 1 nitrogen and oxygen atoms in total. The van der Waals surface area contributed by atoms with Crippen LogP contribution in [-0.2, 0) is 0 Å². The predicted octanol–water partition coefficient (Wildman–Crippen LogP) is 10.0. The van der Waals surface area contributed by atoms with Gasteiger partial charge in [0.2, 0.25) is 0 Å². The highest BCUT2D eigenvalue weighted by Crippen LogP contribution is 2.36. The van der Waals surface area contributed by atoms with Crippen molar-refractivity contribution in [2.24, 2.45) is 0 Å². The fourth-order valence-corrected chi connectivity index (χ4v) is 5.14. The van der Waals surface area contributed by atoms with Gasteiger partial charge in [-0.05, 0) is 82.8 Å². The van der Waals surface area contributed by atoms with E-state index in [1.807, 2.05) is 0 Å². The molecule has 35 heavy (non-hydrogen) atoms. The average molecular weight is 514 g/mol. The number of fused-ring (bicyclic) bond motifs is 3. The monoisotopic (exact) mass is 513 g/mol. The van der Waals surface area contributed by atoms with Gasteiger partial charge in [0.1, 0.15) is 0 Å². The summed E-state index contributed by atoms with van der Waals surface area (Å²) < 4.78 is 3.39. The fourth-order valence-electron chi connectivity index (χ4n) is 4.87. The molecule has 5 aromatic carbocycles. The Kier molecular flexibility index (Phi) is 5.60. The van der Waals surface area contributed by atoms with Gasteiger partial charge in [0.05, 0.1) is 11.0 Å². The molecule has 1 heterocycles. The summed E-state index contributed by atoms with van der Waals surface area (Å²) in [6.45, 7) is 2.07. The molecule has 0 aliphatic carbocycles. The first-order valence-corrected chi connectivity index (χ1v) is 12.6. The summed E-state index contributed by atoms with van der Waals surface area (Å²) in [6.07, 6.45) is 4.25. The van der Waals surface area contributed by atoms with E-state index < -0.39 is 0 Å². The Labute approximate surface area is 214 Å². The molecule has 0 unspecified atom stereocenters. The van der Waals surface area contributed by atoms with Crippen molar-refractivity contribution in [2.45, 2.75) is 6.92 Å². The van der Waals surface area contributed by atoms with Crippen molar-refractivity contribution in [1.29, 1.82) is 0 Å². The minimum Gasteiger partial charge on any atom is -0.316 e. The van der Waals surface area contributed by atoms with Gasteiger partial charge in [-0.1, -0.05) is 94.8 Å². The molecule has 1 aromatic heterocycles. The lowest BCUT2D eigenvalue weighted by atomic mass is 9.97. The fraction of sp³-hybridized carbons (Fsp3) is 0.0303. The van der Waals surface area contributed by atoms with Crippen LogP contribution in [0.1, 0.15) is 6.92 Å². The first-order valence-electron chi connectivity index (χ1n) is 11.8. The molecule has 0 saturated heterocycles. The second-order valence-corrected chi connectivity index (χ2v) is 9.69. The Balaban J connectivity index is 1.53. The van der Waals surface area contributed by atoms with Crippen molar-refractivity contribution in [1.82, 2.24) is 4.57 Å². The summed E-state index contributed by atoms with van der Waals surface area (Å²) in [6, 6.07) is 41.5. The third-order valence-corrected chi connectivity index (χ3v) is 7.11. The maximum Gasteiger partial charge on any atom is 0.0535 e. The van der Waals surface area contributed by atoms with Crippen molar-refractivity contribution in [2.75, 3.05) is 0 Å².